The molecule has 0 aromatic carbocycles. The van der Waals surface area contributed by atoms with Crippen LogP contribution in [0.25, 0.3) is 0 Å². The minimum absolute atomic E-state index is 0.192. The number of hydrogen-bond donors (Lipinski definition) is 1. The molecule has 0 bridgehead atoms. The van der Waals surface area contributed by atoms with Gasteiger partial charge in [-0.05, 0) is 18.1 Å². The highest BCUT2D eigenvalue weighted by Crippen LogP contribution is 2.16. The third-order valence-corrected chi connectivity index (χ3v) is 3.16. The van der Waals surface area contributed by atoms with E-state index in [1.54, 1.807) is 11.8 Å². The van der Waals surface area contributed by atoms with Gasteiger partial charge in [0, 0.05) is 23.9 Å². The van der Waals surface area contributed by atoms with Gasteiger partial charge in [0.25, 0.3) is 0 Å². The van der Waals surface area contributed by atoms with Crippen molar-refractivity contribution < 1.29 is 4.39 Å². The number of thioether (sulfide) groups is 1. The van der Waals surface area contributed by atoms with E-state index in [1.165, 1.54) is 6.08 Å². The van der Waals surface area contributed by atoms with Crippen molar-refractivity contribution in [2.24, 2.45) is 5.73 Å². The summed E-state index contributed by atoms with van der Waals surface area (Å²) in [6, 6.07) is 0. The summed E-state index contributed by atoms with van der Waals surface area (Å²) in [7, 11) is 0. The van der Waals surface area contributed by atoms with Gasteiger partial charge in [-0.25, -0.2) is 4.39 Å². The van der Waals surface area contributed by atoms with Gasteiger partial charge in [0.05, 0.1) is 0 Å². The minimum atomic E-state index is -0.192. The lowest BCUT2D eigenvalue weighted by molar-refractivity contribution is 0.654. The number of rotatable bonds is 8. The van der Waals surface area contributed by atoms with E-state index in [-0.39, 0.29) is 11.7 Å². The van der Waals surface area contributed by atoms with Gasteiger partial charge in [0.2, 0.25) is 0 Å². The van der Waals surface area contributed by atoms with E-state index in [2.05, 4.69) is 6.92 Å². The summed E-state index contributed by atoms with van der Waals surface area (Å²) in [5, 5.41) is 0. The standard InChI is InChI=1S/C11H19ClFNS/c1-2-3-4-5-11(13)10(8-12)9-15-7-6-14/h4-5H,2-3,6-9,14H2,1H3. The minimum Gasteiger partial charge on any atom is -0.330 e. The highest BCUT2D eigenvalue weighted by Gasteiger charge is 2.02. The Labute approximate surface area is 101 Å². The molecule has 88 valence electrons. The van der Waals surface area contributed by atoms with Crippen LogP contribution in [-0.2, 0) is 0 Å². The SMILES string of the molecule is CCCC=CC(F)=C(CCl)CSCCN. The van der Waals surface area contributed by atoms with E-state index in [0.29, 0.717) is 17.9 Å². The number of halogens is 2. The summed E-state index contributed by atoms with van der Waals surface area (Å²) < 4.78 is 13.5. The molecule has 0 saturated heterocycles. The predicted octanol–water partition coefficient (Wildman–Crippen LogP) is 3.50. The lowest BCUT2D eigenvalue weighted by atomic mass is 10.2. The van der Waals surface area contributed by atoms with Crippen LogP contribution in [0.5, 0.6) is 0 Å². The zero-order chi connectivity index (χ0) is 11.5. The maximum Gasteiger partial charge on any atom is 0.124 e. The van der Waals surface area contributed by atoms with Crippen molar-refractivity contribution in [1.82, 2.24) is 0 Å². The Morgan fingerprint density at radius 2 is 2.27 bits per heavy atom. The fourth-order valence-corrected chi connectivity index (χ4v) is 2.05. The Hall–Kier alpha value is 0.01000. The second kappa shape index (κ2) is 10.5. The molecule has 0 saturated carbocycles. The first kappa shape index (κ1) is 15.0. The third kappa shape index (κ3) is 7.88. The van der Waals surface area contributed by atoms with Gasteiger partial charge in [-0.15, -0.1) is 11.6 Å². The van der Waals surface area contributed by atoms with Gasteiger partial charge in [0.1, 0.15) is 5.83 Å². The molecule has 4 heteroatoms. The van der Waals surface area contributed by atoms with Crippen LogP contribution in [0.3, 0.4) is 0 Å². The molecule has 0 fully saturated rings. The predicted molar refractivity (Wildman–Crippen MR) is 69.3 cm³/mol. The second-order valence-corrected chi connectivity index (χ2v) is 4.49. The highest BCUT2D eigenvalue weighted by molar-refractivity contribution is 7.99. The number of unbranched alkanes of at least 4 members (excludes halogenated alkanes) is 1. The summed E-state index contributed by atoms with van der Waals surface area (Å²) in [6.07, 6.45) is 5.29. The molecule has 0 aliphatic rings. The smallest absolute Gasteiger partial charge is 0.124 e. The van der Waals surface area contributed by atoms with Crippen LogP contribution in [0.1, 0.15) is 19.8 Å². The van der Waals surface area contributed by atoms with Gasteiger partial charge in [0.15, 0.2) is 0 Å². The van der Waals surface area contributed by atoms with Crippen molar-refractivity contribution in [1.29, 1.82) is 0 Å². The Morgan fingerprint density at radius 3 is 2.80 bits per heavy atom. The molecule has 0 aliphatic carbocycles. The summed E-state index contributed by atoms with van der Waals surface area (Å²) in [4.78, 5) is 0. The van der Waals surface area contributed by atoms with Crippen molar-refractivity contribution >= 4 is 23.4 Å². The van der Waals surface area contributed by atoms with Gasteiger partial charge in [-0.3, -0.25) is 0 Å². The van der Waals surface area contributed by atoms with Crippen molar-refractivity contribution in [3.63, 3.8) is 0 Å². The van der Waals surface area contributed by atoms with Crippen molar-refractivity contribution in [2.75, 3.05) is 23.9 Å². The molecule has 0 rings (SSSR count). The van der Waals surface area contributed by atoms with E-state index in [0.717, 1.165) is 18.6 Å². The molecule has 0 aliphatic heterocycles. The summed E-state index contributed by atoms with van der Waals surface area (Å²) in [5.74, 6) is 1.53. The molecular formula is C11H19ClFNS. The maximum atomic E-state index is 13.5. The van der Waals surface area contributed by atoms with Crippen LogP contribution in [0.2, 0.25) is 0 Å². The molecule has 15 heavy (non-hydrogen) atoms. The largest absolute Gasteiger partial charge is 0.330 e. The zero-order valence-corrected chi connectivity index (χ0v) is 10.7. The topological polar surface area (TPSA) is 26.0 Å². The summed E-state index contributed by atoms with van der Waals surface area (Å²) >= 11 is 7.29. The Bertz CT molecular complexity index is 217. The molecular weight excluding hydrogens is 233 g/mol. The lowest BCUT2D eigenvalue weighted by Crippen LogP contribution is -2.03. The van der Waals surface area contributed by atoms with Crippen LogP contribution in [-0.4, -0.2) is 23.9 Å². The average molecular weight is 252 g/mol. The fourth-order valence-electron chi connectivity index (χ4n) is 0.921. The van der Waals surface area contributed by atoms with E-state index in [1.807, 2.05) is 6.08 Å². The van der Waals surface area contributed by atoms with Crippen LogP contribution in [0.4, 0.5) is 4.39 Å². The average Bonchev–Trinajstić information content (AvgIpc) is 2.24. The van der Waals surface area contributed by atoms with Gasteiger partial charge in [-0.1, -0.05) is 19.4 Å². The molecule has 2 N–H and O–H groups in total. The van der Waals surface area contributed by atoms with Crippen LogP contribution in [0, 0.1) is 0 Å². The molecule has 0 unspecified atom stereocenters. The van der Waals surface area contributed by atoms with E-state index in [9.17, 15) is 4.39 Å². The Balaban J connectivity index is 4.13. The van der Waals surface area contributed by atoms with Gasteiger partial charge < -0.3 is 5.73 Å². The summed E-state index contributed by atoms with van der Waals surface area (Å²) in [5.41, 5.74) is 6.01. The molecule has 0 spiro atoms. The summed E-state index contributed by atoms with van der Waals surface area (Å²) in [6.45, 7) is 2.68. The fraction of sp³-hybridized carbons (Fsp3) is 0.636. The zero-order valence-electron chi connectivity index (χ0n) is 9.14. The molecule has 0 aromatic rings. The first-order valence-corrected chi connectivity index (χ1v) is 6.83. The Kier molecular flexibility index (Phi) is 10.5. The molecule has 0 amide bonds. The van der Waals surface area contributed by atoms with Crippen molar-refractivity contribution in [2.45, 2.75) is 19.8 Å². The quantitative estimate of drug-likeness (QED) is 0.406. The number of alkyl halides is 1. The van der Waals surface area contributed by atoms with Crippen LogP contribution >= 0.6 is 23.4 Å². The maximum absolute atomic E-state index is 13.5. The van der Waals surface area contributed by atoms with Gasteiger partial charge >= 0.3 is 0 Å². The number of nitrogens with two attached hydrogens (primary N) is 1. The van der Waals surface area contributed by atoms with Crippen LogP contribution < -0.4 is 5.73 Å². The number of hydrogen-bond acceptors (Lipinski definition) is 2. The van der Waals surface area contributed by atoms with E-state index in [4.69, 9.17) is 17.3 Å². The molecule has 0 heterocycles. The van der Waals surface area contributed by atoms with Crippen LogP contribution in [0.15, 0.2) is 23.6 Å². The first-order valence-electron chi connectivity index (χ1n) is 5.14. The van der Waals surface area contributed by atoms with E-state index >= 15 is 0 Å². The first-order chi connectivity index (χ1) is 7.26. The molecule has 0 atom stereocenters. The number of allylic oxidation sites excluding steroid dienone is 3. The molecule has 1 nitrogen and oxygen atoms in total. The lowest BCUT2D eigenvalue weighted by Gasteiger charge is -2.03. The van der Waals surface area contributed by atoms with E-state index < -0.39 is 0 Å². The second-order valence-electron chi connectivity index (χ2n) is 3.12. The Morgan fingerprint density at radius 1 is 1.53 bits per heavy atom. The highest BCUT2D eigenvalue weighted by atomic mass is 35.5. The molecule has 0 aromatic heterocycles. The van der Waals surface area contributed by atoms with Gasteiger partial charge in [-0.2, -0.15) is 11.8 Å². The van der Waals surface area contributed by atoms with Crippen molar-refractivity contribution in [3.8, 4) is 0 Å². The normalized spacial score (nSPS) is 13.3. The monoisotopic (exact) mass is 251 g/mol. The molecule has 0 radical (unpaired) electrons. The third-order valence-electron chi connectivity index (χ3n) is 1.76. The van der Waals surface area contributed by atoms with Crippen molar-refractivity contribution in [3.05, 3.63) is 23.6 Å².